The first kappa shape index (κ1) is 66.7. The van der Waals surface area contributed by atoms with Crippen molar-refractivity contribution in [2.75, 3.05) is 33.0 Å². The summed E-state index contributed by atoms with van der Waals surface area (Å²) < 4.78 is 33.7. The maximum Gasteiger partial charge on any atom is 0.472 e. The van der Waals surface area contributed by atoms with E-state index in [0.29, 0.717) is 13.0 Å². The lowest BCUT2D eigenvalue weighted by Crippen LogP contribution is -2.28. The summed E-state index contributed by atoms with van der Waals surface area (Å²) in [6.45, 7) is 4.97. The number of ether oxygens (including phenoxy) is 2. The lowest BCUT2D eigenvalue weighted by molar-refractivity contribution is -0.154. The van der Waals surface area contributed by atoms with Crippen molar-refractivity contribution in [1.29, 1.82) is 0 Å². The second kappa shape index (κ2) is 56.6. The molecule has 402 valence electrons. The molecule has 2 unspecified atom stereocenters. The SMILES string of the molecule is CCCCCCC/C=C\C/C=C\CCCCCCCCCCCCCCOCC(COP(=O)(O)OCCN)OC(=O)CCCCCCCCCCCCCCC/C=C\CCCCCCCCCC. The maximum absolute atomic E-state index is 12.7. The molecule has 3 N–H and O–H groups in total. The molecule has 0 aromatic heterocycles. The van der Waals surface area contributed by atoms with Crippen LogP contribution in [0.4, 0.5) is 0 Å². The topological polar surface area (TPSA) is 117 Å². The normalized spacial score (nSPS) is 13.4. The smallest absolute Gasteiger partial charge is 0.457 e. The van der Waals surface area contributed by atoms with Crippen LogP contribution in [-0.4, -0.2) is 49.9 Å². The van der Waals surface area contributed by atoms with Gasteiger partial charge in [-0.15, -0.1) is 0 Å². The van der Waals surface area contributed by atoms with Crippen LogP contribution in [0.15, 0.2) is 36.5 Å². The van der Waals surface area contributed by atoms with Crippen LogP contribution >= 0.6 is 7.82 Å². The molecule has 0 saturated heterocycles. The van der Waals surface area contributed by atoms with Crippen molar-refractivity contribution < 1.29 is 32.8 Å². The molecule has 68 heavy (non-hydrogen) atoms. The number of carbonyl (C=O) groups is 1. The Balaban J connectivity index is 3.85. The lowest BCUT2D eigenvalue weighted by Gasteiger charge is -2.20. The summed E-state index contributed by atoms with van der Waals surface area (Å²) in [5.74, 6) is -0.325. The van der Waals surface area contributed by atoms with E-state index in [1.165, 1.54) is 238 Å². The van der Waals surface area contributed by atoms with E-state index in [-0.39, 0.29) is 32.3 Å². The summed E-state index contributed by atoms with van der Waals surface area (Å²) in [5.41, 5.74) is 5.41. The third-order valence-electron chi connectivity index (χ3n) is 13.0. The zero-order valence-corrected chi connectivity index (χ0v) is 46.0. The highest BCUT2D eigenvalue weighted by atomic mass is 31.2. The Morgan fingerprint density at radius 2 is 0.779 bits per heavy atom. The number of nitrogens with two attached hydrogens (primary N) is 1. The number of allylic oxidation sites excluding steroid dienone is 6. The number of hydrogen-bond acceptors (Lipinski definition) is 7. The fourth-order valence-electron chi connectivity index (χ4n) is 8.67. The minimum atomic E-state index is -4.29. The summed E-state index contributed by atoms with van der Waals surface area (Å²) >= 11 is 0. The Labute approximate surface area is 422 Å². The number of phosphoric acid groups is 1. The van der Waals surface area contributed by atoms with Crippen LogP contribution in [0.25, 0.3) is 0 Å². The highest BCUT2D eigenvalue weighted by Gasteiger charge is 2.25. The van der Waals surface area contributed by atoms with E-state index in [1.807, 2.05) is 0 Å². The second-order valence-electron chi connectivity index (χ2n) is 19.9. The minimum absolute atomic E-state index is 0.0943. The van der Waals surface area contributed by atoms with Gasteiger partial charge >= 0.3 is 13.8 Å². The standard InChI is InChI=1S/C59H114NO7P/c1-3-5-7-9-11-13-15-17-19-21-23-25-27-29-30-32-34-36-38-40-42-44-46-48-50-52-59(61)67-58(57-66-68(62,63)65-55-53-60)56-64-54-51-49-47-45-43-41-39-37-35-33-31-28-26-24-22-20-18-16-14-12-10-8-6-4-2/h16,18,21-24,58H,3-15,17,19-20,25-57,60H2,1-2H3,(H,62,63)/b18-16-,23-21-,24-22-. The molecule has 0 fully saturated rings. The van der Waals surface area contributed by atoms with Gasteiger partial charge in [0.05, 0.1) is 19.8 Å². The molecule has 2 atom stereocenters. The molecule has 8 nitrogen and oxygen atoms in total. The first-order valence-electron chi connectivity index (χ1n) is 29.5. The van der Waals surface area contributed by atoms with Crippen LogP contribution in [0.5, 0.6) is 0 Å². The van der Waals surface area contributed by atoms with Gasteiger partial charge in [0.15, 0.2) is 0 Å². The number of phosphoric ester groups is 1. The summed E-state index contributed by atoms with van der Waals surface area (Å²) in [7, 11) is -4.29. The predicted molar refractivity (Wildman–Crippen MR) is 293 cm³/mol. The van der Waals surface area contributed by atoms with Gasteiger partial charge < -0.3 is 20.1 Å². The number of esters is 1. The Morgan fingerprint density at radius 3 is 1.16 bits per heavy atom. The molecule has 0 amide bonds. The number of carbonyl (C=O) groups excluding carboxylic acids is 1. The van der Waals surface area contributed by atoms with E-state index in [4.69, 9.17) is 24.3 Å². The fraction of sp³-hybridized carbons (Fsp3) is 0.881. The van der Waals surface area contributed by atoms with Gasteiger partial charge in [-0.2, -0.15) is 0 Å². The van der Waals surface area contributed by atoms with Crippen LogP contribution < -0.4 is 5.73 Å². The number of rotatable bonds is 57. The molecule has 0 bridgehead atoms. The van der Waals surface area contributed by atoms with Gasteiger partial charge in [-0.05, 0) is 70.6 Å². The van der Waals surface area contributed by atoms with Gasteiger partial charge in [-0.3, -0.25) is 13.8 Å². The van der Waals surface area contributed by atoms with Gasteiger partial charge in [-0.25, -0.2) is 4.57 Å². The van der Waals surface area contributed by atoms with E-state index in [2.05, 4.69) is 50.3 Å². The quantitative estimate of drug-likeness (QED) is 0.0268. The third kappa shape index (κ3) is 55.6. The van der Waals surface area contributed by atoms with Gasteiger partial charge in [-0.1, -0.05) is 256 Å². The molecular formula is C59H114NO7P. The highest BCUT2D eigenvalue weighted by Crippen LogP contribution is 2.43. The largest absolute Gasteiger partial charge is 0.472 e. The summed E-state index contributed by atoms with van der Waals surface area (Å²) in [6, 6.07) is 0. The Hall–Kier alpha value is -1.28. The van der Waals surface area contributed by atoms with Crippen molar-refractivity contribution >= 4 is 13.8 Å². The molecule has 0 radical (unpaired) electrons. The summed E-state index contributed by atoms with van der Waals surface area (Å²) in [4.78, 5) is 22.7. The average Bonchev–Trinajstić information content (AvgIpc) is 3.33. The minimum Gasteiger partial charge on any atom is -0.457 e. The summed E-state index contributed by atoms with van der Waals surface area (Å²) in [5, 5.41) is 0. The monoisotopic (exact) mass is 980 g/mol. The van der Waals surface area contributed by atoms with Crippen LogP contribution in [0.1, 0.15) is 296 Å². The van der Waals surface area contributed by atoms with Crippen LogP contribution in [0.2, 0.25) is 0 Å². The van der Waals surface area contributed by atoms with Crippen molar-refractivity contribution in [2.24, 2.45) is 5.73 Å². The van der Waals surface area contributed by atoms with Gasteiger partial charge in [0.1, 0.15) is 6.10 Å². The lowest BCUT2D eigenvalue weighted by atomic mass is 10.0. The molecule has 0 rings (SSSR count). The van der Waals surface area contributed by atoms with Crippen molar-refractivity contribution in [1.82, 2.24) is 0 Å². The molecule has 0 aliphatic rings. The van der Waals surface area contributed by atoms with Gasteiger partial charge in [0.2, 0.25) is 0 Å². The zero-order valence-electron chi connectivity index (χ0n) is 45.1. The molecule has 0 aliphatic heterocycles. The zero-order chi connectivity index (χ0) is 49.4. The summed E-state index contributed by atoms with van der Waals surface area (Å²) in [6.07, 6.45) is 69.1. The van der Waals surface area contributed by atoms with E-state index in [1.54, 1.807) is 0 Å². The first-order valence-corrected chi connectivity index (χ1v) is 31.0. The van der Waals surface area contributed by atoms with Crippen molar-refractivity contribution in [3.8, 4) is 0 Å². The van der Waals surface area contributed by atoms with Crippen LogP contribution in [0.3, 0.4) is 0 Å². The Kier molecular flexibility index (Phi) is 55.6. The van der Waals surface area contributed by atoms with Crippen molar-refractivity contribution in [3.05, 3.63) is 36.5 Å². The molecule has 0 aliphatic carbocycles. The van der Waals surface area contributed by atoms with E-state index < -0.39 is 13.9 Å². The molecule has 0 saturated carbocycles. The number of unbranched alkanes of at least 4 members (excludes halogenated alkanes) is 38. The van der Waals surface area contributed by atoms with E-state index >= 15 is 0 Å². The molecule has 9 heteroatoms. The van der Waals surface area contributed by atoms with Crippen LogP contribution in [-0.2, 0) is 27.9 Å². The van der Waals surface area contributed by atoms with Crippen molar-refractivity contribution in [3.63, 3.8) is 0 Å². The van der Waals surface area contributed by atoms with Crippen molar-refractivity contribution in [2.45, 2.75) is 302 Å². The second-order valence-corrected chi connectivity index (χ2v) is 21.3. The Bertz CT molecular complexity index is 1150. The molecule has 0 aromatic carbocycles. The fourth-order valence-corrected chi connectivity index (χ4v) is 9.44. The molecule has 0 heterocycles. The Morgan fingerprint density at radius 1 is 0.441 bits per heavy atom. The molecule has 0 spiro atoms. The average molecular weight is 981 g/mol. The molecular weight excluding hydrogens is 866 g/mol. The first-order chi connectivity index (χ1) is 33.4. The number of hydrogen-bond donors (Lipinski definition) is 2. The van der Waals surface area contributed by atoms with E-state index in [0.717, 1.165) is 38.5 Å². The molecule has 0 aromatic rings. The van der Waals surface area contributed by atoms with Gasteiger partial charge in [0.25, 0.3) is 0 Å². The van der Waals surface area contributed by atoms with E-state index in [9.17, 15) is 14.3 Å². The van der Waals surface area contributed by atoms with Gasteiger partial charge in [0, 0.05) is 19.6 Å². The highest BCUT2D eigenvalue weighted by molar-refractivity contribution is 7.47. The third-order valence-corrected chi connectivity index (χ3v) is 14.0. The maximum atomic E-state index is 12.7. The van der Waals surface area contributed by atoms with Crippen LogP contribution in [0, 0.1) is 0 Å². The predicted octanol–water partition coefficient (Wildman–Crippen LogP) is 18.9.